The molecule has 16 heavy (non-hydrogen) atoms. The zero-order chi connectivity index (χ0) is 11.8. The van der Waals surface area contributed by atoms with Crippen molar-refractivity contribution in [1.29, 1.82) is 0 Å². The van der Waals surface area contributed by atoms with Gasteiger partial charge in [-0.1, -0.05) is 30.3 Å². The fourth-order valence-corrected chi connectivity index (χ4v) is 0.852. The van der Waals surface area contributed by atoms with E-state index in [0.717, 1.165) is 5.56 Å². The van der Waals surface area contributed by atoms with Gasteiger partial charge in [-0.15, -0.1) is 5.10 Å². The van der Waals surface area contributed by atoms with Crippen LogP contribution in [0.5, 0.6) is 0 Å². The Bertz CT molecular complexity index is 400. The van der Waals surface area contributed by atoms with Crippen molar-refractivity contribution in [3.63, 3.8) is 0 Å². The van der Waals surface area contributed by atoms with Crippen LogP contribution in [0.2, 0.25) is 0 Å². The normalized spacial score (nSPS) is 11.4. The summed E-state index contributed by atoms with van der Waals surface area (Å²) in [6, 6.07) is 8.62. The van der Waals surface area contributed by atoms with Gasteiger partial charge in [0.1, 0.15) is 0 Å². The predicted octanol–water partition coefficient (Wildman–Crippen LogP) is -0.492. The Morgan fingerprint density at radius 2 is 1.88 bits per heavy atom. The second-order valence-corrected chi connectivity index (χ2v) is 2.75. The third-order valence-electron chi connectivity index (χ3n) is 1.48. The first-order valence-corrected chi connectivity index (χ1v) is 4.41. The Morgan fingerprint density at radius 3 is 2.50 bits per heavy atom. The number of nitrogens with zero attached hydrogens (tertiary/aromatic N) is 2. The van der Waals surface area contributed by atoms with Gasteiger partial charge in [-0.3, -0.25) is 0 Å². The van der Waals surface area contributed by atoms with E-state index in [9.17, 15) is 4.79 Å². The van der Waals surface area contributed by atoms with E-state index >= 15 is 0 Å². The smallest absolute Gasteiger partial charge is 0.332 e. The summed E-state index contributed by atoms with van der Waals surface area (Å²) in [4.78, 5) is 10.3. The molecule has 0 radical (unpaired) electrons. The summed E-state index contributed by atoms with van der Waals surface area (Å²) in [5.41, 5.74) is 15.4. The van der Waals surface area contributed by atoms with Crippen molar-refractivity contribution in [2.24, 2.45) is 21.7 Å². The van der Waals surface area contributed by atoms with Gasteiger partial charge in [0.05, 0.1) is 6.21 Å². The molecule has 2 amide bonds. The van der Waals surface area contributed by atoms with Gasteiger partial charge in [0.2, 0.25) is 5.96 Å². The maximum atomic E-state index is 10.3. The number of hydrazone groups is 2. The van der Waals surface area contributed by atoms with Gasteiger partial charge >= 0.3 is 6.03 Å². The summed E-state index contributed by atoms with van der Waals surface area (Å²) in [6.45, 7) is 0. The van der Waals surface area contributed by atoms with Crippen LogP contribution < -0.4 is 22.3 Å². The van der Waals surface area contributed by atoms with E-state index in [4.69, 9.17) is 11.5 Å². The molecule has 1 aromatic rings. The zero-order valence-corrected chi connectivity index (χ0v) is 8.42. The van der Waals surface area contributed by atoms with E-state index in [2.05, 4.69) is 15.6 Å². The van der Waals surface area contributed by atoms with E-state index in [0.29, 0.717) is 0 Å². The number of primary amides is 1. The Balaban J connectivity index is 2.42. The second-order valence-electron chi connectivity index (χ2n) is 2.75. The van der Waals surface area contributed by atoms with Crippen molar-refractivity contribution in [3.05, 3.63) is 35.9 Å². The highest BCUT2D eigenvalue weighted by atomic mass is 16.2. The Kier molecular flexibility index (Phi) is 4.33. The number of carbonyl (C=O) groups excluding carboxylic acids is 1. The van der Waals surface area contributed by atoms with Crippen LogP contribution in [0.1, 0.15) is 5.56 Å². The van der Waals surface area contributed by atoms with Crippen molar-refractivity contribution >= 4 is 18.2 Å². The molecular formula is C9H12N6O. The van der Waals surface area contributed by atoms with Crippen molar-refractivity contribution in [2.75, 3.05) is 0 Å². The number of benzene rings is 1. The lowest BCUT2D eigenvalue weighted by Gasteiger charge is -1.98. The number of hydrogen-bond acceptors (Lipinski definition) is 3. The lowest BCUT2D eigenvalue weighted by atomic mass is 10.2. The van der Waals surface area contributed by atoms with Crippen molar-refractivity contribution < 1.29 is 4.79 Å². The number of rotatable bonds is 3. The molecule has 0 bridgehead atoms. The molecular weight excluding hydrogens is 208 g/mol. The molecule has 0 atom stereocenters. The molecule has 0 unspecified atom stereocenters. The number of urea groups is 1. The highest BCUT2D eigenvalue weighted by molar-refractivity contribution is 5.83. The van der Waals surface area contributed by atoms with Crippen molar-refractivity contribution in [3.8, 4) is 0 Å². The van der Waals surface area contributed by atoms with Crippen molar-refractivity contribution in [2.45, 2.75) is 0 Å². The summed E-state index contributed by atoms with van der Waals surface area (Å²) in [6.07, 6.45) is 1.56. The number of carbonyl (C=O) groups is 1. The van der Waals surface area contributed by atoms with Crippen LogP contribution in [0.4, 0.5) is 4.79 Å². The maximum Gasteiger partial charge on any atom is 0.332 e. The fourth-order valence-electron chi connectivity index (χ4n) is 0.852. The first kappa shape index (κ1) is 11.5. The molecule has 0 spiro atoms. The van der Waals surface area contributed by atoms with Gasteiger partial charge in [-0.25, -0.2) is 15.6 Å². The summed E-state index contributed by atoms with van der Waals surface area (Å²) in [5, 5.41) is 7.20. The zero-order valence-electron chi connectivity index (χ0n) is 8.42. The molecule has 0 aliphatic heterocycles. The average Bonchev–Trinajstić information content (AvgIpc) is 2.28. The van der Waals surface area contributed by atoms with Crippen LogP contribution in [-0.2, 0) is 0 Å². The summed E-state index contributed by atoms with van der Waals surface area (Å²) >= 11 is 0. The largest absolute Gasteiger partial charge is 0.367 e. The fraction of sp³-hybridized carbons (Fsp3) is 0. The van der Waals surface area contributed by atoms with E-state index in [-0.39, 0.29) is 5.96 Å². The van der Waals surface area contributed by atoms with Crippen LogP contribution in [0.25, 0.3) is 0 Å². The molecule has 6 N–H and O–H groups in total. The quantitative estimate of drug-likeness (QED) is 0.312. The van der Waals surface area contributed by atoms with Crippen LogP contribution in [0.15, 0.2) is 40.5 Å². The molecule has 0 aromatic heterocycles. The molecule has 0 saturated carbocycles. The number of nitrogens with one attached hydrogen (secondary N) is 2. The van der Waals surface area contributed by atoms with Gasteiger partial charge in [0, 0.05) is 0 Å². The second kappa shape index (κ2) is 6.02. The first-order valence-electron chi connectivity index (χ1n) is 4.41. The number of guanidine groups is 1. The van der Waals surface area contributed by atoms with Gasteiger partial charge in [-0.2, -0.15) is 5.10 Å². The number of nitrogens with two attached hydrogens (primary N) is 2. The Hall–Kier alpha value is -2.57. The Morgan fingerprint density at radius 1 is 1.19 bits per heavy atom. The molecule has 84 valence electrons. The van der Waals surface area contributed by atoms with Gasteiger partial charge < -0.3 is 11.5 Å². The first-order chi connectivity index (χ1) is 7.68. The molecule has 0 saturated heterocycles. The van der Waals surface area contributed by atoms with E-state index in [1.54, 1.807) is 6.21 Å². The lowest BCUT2D eigenvalue weighted by Crippen LogP contribution is -2.33. The predicted molar refractivity (Wildman–Crippen MR) is 61.5 cm³/mol. The topological polar surface area (TPSA) is 118 Å². The van der Waals surface area contributed by atoms with Gasteiger partial charge in [-0.05, 0) is 5.56 Å². The molecule has 0 fully saturated rings. The van der Waals surface area contributed by atoms with Crippen molar-refractivity contribution in [1.82, 2.24) is 10.9 Å². The minimum Gasteiger partial charge on any atom is -0.367 e. The molecule has 1 rings (SSSR count). The van der Waals surface area contributed by atoms with Gasteiger partial charge in [0.15, 0.2) is 0 Å². The third-order valence-corrected chi connectivity index (χ3v) is 1.48. The molecule has 7 nitrogen and oxygen atoms in total. The Labute approximate surface area is 92.2 Å². The highest BCUT2D eigenvalue weighted by Crippen LogP contribution is 1.92. The van der Waals surface area contributed by atoms with Crippen LogP contribution >= 0.6 is 0 Å². The lowest BCUT2D eigenvalue weighted by molar-refractivity contribution is 0.249. The highest BCUT2D eigenvalue weighted by Gasteiger charge is 1.90. The minimum absolute atomic E-state index is 0.0639. The molecule has 7 heteroatoms. The SMILES string of the molecule is NC(=O)NN=C(N)NN=Cc1ccccc1. The summed E-state index contributed by atoms with van der Waals surface area (Å²) in [5.74, 6) is -0.0639. The molecule has 1 aromatic carbocycles. The minimum atomic E-state index is -0.795. The average molecular weight is 220 g/mol. The number of hydrogen-bond donors (Lipinski definition) is 4. The molecule has 0 aliphatic rings. The third kappa shape index (κ3) is 4.61. The van der Waals surface area contributed by atoms with E-state index in [1.807, 2.05) is 35.8 Å². The maximum absolute atomic E-state index is 10.3. The van der Waals surface area contributed by atoms with Crippen LogP contribution in [0.3, 0.4) is 0 Å². The van der Waals surface area contributed by atoms with E-state index < -0.39 is 6.03 Å². The number of amides is 2. The van der Waals surface area contributed by atoms with Crippen LogP contribution in [0, 0.1) is 0 Å². The van der Waals surface area contributed by atoms with E-state index in [1.165, 1.54) is 0 Å². The standard InChI is InChI=1S/C9H12N6O/c10-8(14-15-9(11)16)13-12-6-7-4-2-1-3-5-7/h1-6H,(H3,10,13,14)(H3,11,15,16). The van der Waals surface area contributed by atoms with Crippen LogP contribution in [-0.4, -0.2) is 18.2 Å². The van der Waals surface area contributed by atoms with Gasteiger partial charge in [0.25, 0.3) is 0 Å². The molecule has 0 aliphatic carbocycles. The summed E-state index contributed by atoms with van der Waals surface area (Å²) < 4.78 is 0. The summed E-state index contributed by atoms with van der Waals surface area (Å²) in [7, 11) is 0. The molecule has 0 heterocycles. The monoisotopic (exact) mass is 220 g/mol.